The summed E-state index contributed by atoms with van der Waals surface area (Å²) in [5, 5.41) is 3.74. The van der Waals surface area contributed by atoms with Gasteiger partial charge in [0.25, 0.3) is 0 Å². The van der Waals surface area contributed by atoms with Gasteiger partial charge in [0.2, 0.25) is 0 Å². The summed E-state index contributed by atoms with van der Waals surface area (Å²) in [5.74, 6) is 0. The van der Waals surface area contributed by atoms with Crippen molar-refractivity contribution in [2.45, 2.75) is 49.9 Å². The van der Waals surface area contributed by atoms with Crippen LogP contribution in [0.3, 0.4) is 0 Å². The van der Waals surface area contributed by atoms with Crippen LogP contribution in [0.2, 0.25) is 0 Å². The number of likely N-dealkylation sites (N-methyl/N-ethyl adjacent to an activating group) is 1. The van der Waals surface area contributed by atoms with Crippen LogP contribution in [-0.2, 0) is 0 Å². The Balaban J connectivity index is 1.97. The number of hydrogen-bond donors (Lipinski definition) is 1. The number of nitrogens with one attached hydrogen (secondary N) is 1. The van der Waals surface area contributed by atoms with Gasteiger partial charge in [-0.1, -0.05) is 0 Å². The monoisotopic (exact) mass is 152 g/mol. The maximum absolute atomic E-state index is 3.74. The van der Waals surface area contributed by atoms with Crippen molar-refractivity contribution in [3.05, 3.63) is 0 Å². The minimum Gasteiger partial charge on any atom is -0.308 e. The number of piperazine rings is 1. The summed E-state index contributed by atoms with van der Waals surface area (Å²) in [5.41, 5.74) is 0. The second-order valence-electron chi connectivity index (χ2n) is 4.33. The number of rotatable bonds is 0. The highest BCUT2D eigenvalue weighted by Gasteiger charge is 2.48. The Bertz CT molecular complexity index is 158. The zero-order valence-electron chi connectivity index (χ0n) is 7.09. The summed E-state index contributed by atoms with van der Waals surface area (Å²) in [6.07, 6.45) is 5.73. The predicted molar refractivity (Wildman–Crippen MR) is 44.5 cm³/mol. The predicted octanol–water partition coefficient (Wildman–Crippen LogP) is 0.583. The zero-order valence-corrected chi connectivity index (χ0v) is 7.09. The van der Waals surface area contributed by atoms with Crippen LogP contribution >= 0.6 is 0 Å². The number of nitrogens with zero attached hydrogens (tertiary/aromatic N) is 1. The van der Waals surface area contributed by atoms with Crippen molar-refractivity contribution in [3.8, 4) is 0 Å². The molecular weight excluding hydrogens is 136 g/mol. The Hall–Kier alpha value is -0.0800. The molecule has 4 atom stereocenters. The standard InChI is InChI=1S/C9H16N2/c1-11-8-4-5-9(11)7-3-2-6(8)10-7/h6-10H,2-5H2,1H3. The minimum absolute atomic E-state index is 0.837. The summed E-state index contributed by atoms with van der Waals surface area (Å²) in [7, 11) is 2.31. The summed E-state index contributed by atoms with van der Waals surface area (Å²) < 4.78 is 0. The molecule has 0 radical (unpaired) electrons. The van der Waals surface area contributed by atoms with Crippen LogP contribution in [0.1, 0.15) is 25.7 Å². The zero-order chi connectivity index (χ0) is 7.42. The average molecular weight is 152 g/mol. The van der Waals surface area contributed by atoms with E-state index >= 15 is 0 Å². The highest BCUT2D eigenvalue weighted by molar-refractivity contribution is 5.08. The second kappa shape index (κ2) is 1.99. The molecule has 3 rings (SSSR count). The maximum Gasteiger partial charge on any atom is 0.0250 e. The molecule has 4 bridgehead atoms. The summed E-state index contributed by atoms with van der Waals surface area (Å²) in [4.78, 5) is 2.62. The molecule has 62 valence electrons. The van der Waals surface area contributed by atoms with Gasteiger partial charge in [-0.2, -0.15) is 0 Å². The fourth-order valence-corrected chi connectivity index (χ4v) is 3.37. The van der Waals surface area contributed by atoms with Crippen LogP contribution in [0.15, 0.2) is 0 Å². The smallest absolute Gasteiger partial charge is 0.0250 e. The van der Waals surface area contributed by atoms with E-state index < -0.39 is 0 Å². The highest BCUT2D eigenvalue weighted by Crippen LogP contribution is 2.38. The summed E-state index contributed by atoms with van der Waals surface area (Å²) >= 11 is 0. The molecule has 0 aromatic carbocycles. The first-order chi connectivity index (χ1) is 5.36. The van der Waals surface area contributed by atoms with Crippen LogP contribution in [0.5, 0.6) is 0 Å². The third kappa shape index (κ3) is 0.695. The Kier molecular flexibility index (Phi) is 1.16. The van der Waals surface area contributed by atoms with Crippen molar-refractivity contribution < 1.29 is 0 Å². The highest BCUT2D eigenvalue weighted by atomic mass is 15.3. The van der Waals surface area contributed by atoms with E-state index in [1.807, 2.05) is 0 Å². The van der Waals surface area contributed by atoms with E-state index in [1.165, 1.54) is 25.7 Å². The molecule has 0 aromatic heterocycles. The number of fused-ring (bicyclic) bond motifs is 6. The van der Waals surface area contributed by atoms with Gasteiger partial charge in [0.1, 0.15) is 0 Å². The molecule has 3 fully saturated rings. The van der Waals surface area contributed by atoms with Gasteiger partial charge in [-0.3, -0.25) is 4.90 Å². The number of hydrogen-bond acceptors (Lipinski definition) is 2. The maximum atomic E-state index is 3.74. The first kappa shape index (κ1) is 6.44. The Labute approximate surface area is 68.0 Å². The van der Waals surface area contributed by atoms with Crippen LogP contribution in [0, 0.1) is 0 Å². The van der Waals surface area contributed by atoms with Gasteiger partial charge in [0.05, 0.1) is 0 Å². The van der Waals surface area contributed by atoms with Gasteiger partial charge < -0.3 is 5.32 Å². The lowest BCUT2D eigenvalue weighted by molar-refractivity contribution is 0.144. The Morgan fingerprint density at radius 1 is 1.00 bits per heavy atom. The third-order valence-electron chi connectivity index (χ3n) is 3.95. The Morgan fingerprint density at radius 3 is 2.09 bits per heavy atom. The topological polar surface area (TPSA) is 15.3 Å². The van der Waals surface area contributed by atoms with Crippen LogP contribution in [0.25, 0.3) is 0 Å². The Morgan fingerprint density at radius 2 is 1.55 bits per heavy atom. The molecule has 3 saturated heterocycles. The first-order valence-corrected chi connectivity index (χ1v) is 4.84. The van der Waals surface area contributed by atoms with Gasteiger partial charge in [0.15, 0.2) is 0 Å². The van der Waals surface area contributed by atoms with Gasteiger partial charge in [-0.15, -0.1) is 0 Å². The van der Waals surface area contributed by atoms with E-state index in [9.17, 15) is 0 Å². The van der Waals surface area contributed by atoms with E-state index in [0.29, 0.717) is 0 Å². The van der Waals surface area contributed by atoms with Gasteiger partial charge in [0, 0.05) is 24.2 Å². The van der Waals surface area contributed by atoms with Crippen molar-refractivity contribution in [2.75, 3.05) is 7.05 Å². The second-order valence-corrected chi connectivity index (χ2v) is 4.33. The minimum atomic E-state index is 0.837. The van der Waals surface area contributed by atoms with Gasteiger partial charge in [-0.05, 0) is 32.7 Å². The SMILES string of the molecule is CN1C2CCC1C1CCC2N1. The normalized spacial score (nSPS) is 55.4. The molecular formula is C9H16N2. The van der Waals surface area contributed by atoms with E-state index in [4.69, 9.17) is 0 Å². The summed E-state index contributed by atoms with van der Waals surface area (Å²) in [6, 6.07) is 3.42. The van der Waals surface area contributed by atoms with Crippen molar-refractivity contribution in [2.24, 2.45) is 0 Å². The molecule has 0 aromatic rings. The largest absolute Gasteiger partial charge is 0.308 e. The van der Waals surface area contributed by atoms with Crippen molar-refractivity contribution in [1.29, 1.82) is 0 Å². The molecule has 0 saturated carbocycles. The van der Waals surface area contributed by atoms with Crippen molar-refractivity contribution >= 4 is 0 Å². The third-order valence-corrected chi connectivity index (χ3v) is 3.95. The van der Waals surface area contributed by atoms with Crippen LogP contribution in [-0.4, -0.2) is 36.1 Å². The molecule has 0 spiro atoms. The van der Waals surface area contributed by atoms with Gasteiger partial charge >= 0.3 is 0 Å². The van der Waals surface area contributed by atoms with Crippen LogP contribution < -0.4 is 5.32 Å². The molecule has 0 aliphatic carbocycles. The van der Waals surface area contributed by atoms with Crippen molar-refractivity contribution in [1.82, 2.24) is 10.2 Å². The molecule has 3 heterocycles. The molecule has 1 N–H and O–H groups in total. The average Bonchev–Trinajstić information content (AvgIpc) is 2.42. The van der Waals surface area contributed by atoms with E-state index in [0.717, 1.165) is 24.2 Å². The molecule has 2 nitrogen and oxygen atoms in total. The molecule has 11 heavy (non-hydrogen) atoms. The lowest BCUT2D eigenvalue weighted by Gasteiger charge is -2.37. The quantitative estimate of drug-likeness (QED) is 0.546. The van der Waals surface area contributed by atoms with Gasteiger partial charge in [-0.25, -0.2) is 0 Å². The van der Waals surface area contributed by atoms with E-state index in [1.54, 1.807) is 0 Å². The molecule has 0 amide bonds. The van der Waals surface area contributed by atoms with Crippen LogP contribution in [0.4, 0.5) is 0 Å². The molecule has 3 aliphatic heterocycles. The summed E-state index contributed by atoms with van der Waals surface area (Å²) in [6.45, 7) is 0. The van der Waals surface area contributed by atoms with E-state index in [2.05, 4.69) is 17.3 Å². The fraction of sp³-hybridized carbons (Fsp3) is 1.00. The van der Waals surface area contributed by atoms with E-state index in [-0.39, 0.29) is 0 Å². The molecule has 3 aliphatic rings. The molecule has 4 unspecified atom stereocenters. The van der Waals surface area contributed by atoms with Crippen molar-refractivity contribution in [3.63, 3.8) is 0 Å². The lowest BCUT2D eigenvalue weighted by Crippen LogP contribution is -2.56. The lowest BCUT2D eigenvalue weighted by atomic mass is 10.0. The first-order valence-electron chi connectivity index (χ1n) is 4.84. The molecule has 2 heteroatoms. The fourth-order valence-electron chi connectivity index (χ4n) is 3.37.